The lowest BCUT2D eigenvalue weighted by atomic mass is 10.1. The number of fused-ring (bicyclic) bond motifs is 1. The standard InChI is InChI=1S/C19H18N2O6S/c1-21(2)28(24,25)17-11-13(8-9-16(17)26-3)20-18(22)14-10-12-6-4-5-7-15(12)27-19(14)23/h4-11H,1-3H3,(H,20,22). The lowest BCUT2D eigenvalue weighted by Gasteiger charge is -2.15. The number of nitrogens with zero attached hydrogens (tertiary/aromatic N) is 1. The maximum Gasteiger partial charge on any atom is 0.349 e. The Morgan fingerprint density at radius 3 is 2.50 bits per heavy atom. The van der Waals surface area contributed by atoms with Crippen molar-refractivity contribution in [1.82, 2.24) is 4.31 Å². The SMILES string of the molecule is COc1ccc(NC(=O)c2cc3ccccc3oc2=O)cc1S(=O)(=O)N(C)C. The highest BCUT2D eigenvalue weighted by molar-refractivity contribution is 7.89. The van der Waals surface area contributed by atoms with E-state index in [1.54, 1.807) is 24.3 Å². The minimum absolute atomic E-state index is 0.108. The monoisotopic (exact) mass is 402 g/mol. The van der Waals surface area contributed by atoms with Gasteiger partial charge in [0.25, 0.3) is 5.91 Å². The zero-order valence-corrected chi connectivity index (χ0v) is 16.2. The van der Waals surface area contributed by atoms with E-state index in [1.807, 2.05) is 0 Å². The Labute approximate surface area is 161 Å². The van der Waals surface area contributed by atoms with Gasteiger partial charge < -0.3 is 14.5 Å². The summed E-state index contributed by atoms with van der Waals surface area (Å²) in [7, 11) is 0.325. The molecular formula is C19H18N2O6S. The molecule has 3 aromatic rings. The van der Waals surface area contributed by atoms with Gasteiger partial charge in [0.1, 0.15) is 21.8 Å². The topological polar surface area (TPSA) is 106 Å². The number of methoxy groups -OCH3 is 1. The maximum absolute atomic E-state index is 12.6. The molecule has 9 heteroatoms. The van der Waals surface area contributed by atoms with Crippen LogP contribution in [-0.4, -0.2) is 39.8 Å². The van der Waals surface area contributed by atoms with Gasteiger partial charge in [0, 0.05) is 25.2 Å². The van der Waals surface area contributed by atoms with Crippen LogP contribution < -0.4 is 15.7 Å². The van der Waals surface area contributed by atoms with Crippen LogP contribution in [-0.2, 0) is 10.0 Å². The molecule has 1 aromatic heterocycles. The molecule has 0 saturated carbocycles. The maximum atomic E-state index is 12.6. The summed E-state index contributed by atoms with van der Waals surface area (Å²) in [5.41, 5.74) is -0.413. The number of sulfonamides is 1. The van der Waals surface area contributed by atoms with E-state index in [-0.39, 0.29) is 21.9 Å². The predicted molar refractivity (Wildman–Crippen MR) is 104 cm³/mol. The number of hydrogen-bond donors (Lipinski definition) is 1. The fourth-order valence-corrected chi connectivity index (χ4v) is 3.65. The largest absolute Gasteiger partial charge is 0.495 e. The molecule has 8 nitrogen and oxygen atoms in total. The first-order valence-electron chi connectivity index (χ1n) is 8.19. The molecule has 2 aromatic carbocycles. The van der Waals surface area contributed by atoms with E-state index < -0.39 is 21.6 Å². The number of ether oxygens (including phenoxy) is 1. The number of para-hydroxylation sites is 1. The molecule has 146 valence electrons. The van der Waals surface area contributed by atoms with Crippen LogP contribution in [0.5, 0.6) is 5.75 Å². The van der Waals surface area contributed by atoms with Gasteiger partial charge in [0.05, 0.1) is 7.11 Å². The molecule has 0 fully saturated rings. The lowest BCUT2D eigenvalue weighted by Crippen LogP contribution is -2.23. The molecule has 1 N–H and O–H groups in total. The number of amides is 1. The Kier molecular flexibility index (Phi) is 5.21. The van der Waals surface area contributed by atoms with E-state index in [0.717, 1.165) is 4.31 Å². The number of benzene rings is 2. The Morgan fingerprint density at radius 1 is 1.11 bits per heavy atom. The smallest absolute Gasteiger partial charge is 0.349 e. The number of anilines is 1. The molecule has 0 aliphatic heterocycles. The van der Waals surface area contributed by atoms with E-state index in [2.05, 4.69) is 5.32 Å². The number of rotatable bonds is 5. The molecule has 0 bridgehead atoms. The van der Waals surface area contributed by atoms with Crippen molar-refractivity contribution in [3.8, 4) is 5.75 Å². The molecular weight excluding hydrogens is 384 g/mol. The van der Waals surface area contributed by atoms with E-state index >= 15 is 0 Å². The van der Waals surface area contributed by atoms with Gasteiger partial charge in [-0.1, -0.05) is 18.2 Å². The van der Waals surface area contributed by atoms with Crippen LogP contribution in [0.4, 0.5) is 5.69 Å². The van der Waals surface area contributed by atoms with Crippen molar-refractivity contribution < 1.29 is 22.4 Å². The van der Waals surface area contributed by atoms with Crippen LogP contribution in [0.15, 0.2) is 62.6 Å². The first-order chi connectivity index (χ1) is 13.2. The predicted octanol–water partition coefficient (Wildman–Crippen LogP) is 2.30. The highest BCUT2D eigenvalue weighted by Crippen LogP contribution is 2.29. The minimum Gasteiger partial charge on any atom is -0.495 e. The van der Waals surface area contributed by atoms with Gasteiger partial charge in [-0.15, -0.1) is 0 Å². The quantitative estimate of drug-likeness (QED) is 0.657. The molecule has 0 unspecified atom stereocenters. The Morgan fingerprint density at radius 2 is 1.82 bits per heavy atom. The van der Waals surface area contributed by atoms with Crippen LogP contribution in [0.25, 0.3) is 11.0 Å². The first-order valence-corrected chi connectivity index (χ1v) is 9.63. The fraction of sp³-hybridized carbons (Fsp3) is 0.158. The lowest BCUT2D eigenvalue weighted by molar-refractivity contribution is 0.102. The van der Waals surface area contributed by atoms with Crippen molar-refractivity contribution in [1.29, 1.82) is 0 Å². The molecule has 0 aliphatic carbocycles. The third kappa shape index (κ3) is 3.62. The van der Waals surface area contributed by atoms with Crippen LogP contribution in [0.1, 0.15) is 10.4 Å². The van der Waals surface area contributed by atoms with E-state index in [1.165, 1.54) is 45.5 Å². The van der Waals surface area contributed by atoms with Gasteiger partial charge in [-0.25, -0.2) is 17.5 Å². The molecule has 1 amide bonds. The second kappa shape index (κ2) is 7.45. The molecule has 0 aliphatic rings. The molecule has 28 heavy (non-hydrogen) atoms. The van der Waals surface area contributed by atoms with Crippen molar-refractivity contribution >= 4 is 32.6 Å². The second-order valence-corrected chi connectivity index (χ2v) is 8.21. The molecule has 1 heterocycles. The van der Waals surface area contributed by atoms with Crippen LogP contribution >= 0.6 is 0 Å². The van der Waals surface area contributed by atoms with E-state index in [9.17, 15) is 18.0 Å². The summed E-state index contributed by atoms with van der Waals surface area (Å²) in [6.07, 6.45) is 0. The van der Waals surface area contributed by atoms with Gasteiger partial charge in [-0.3, -0.25) is 4.79 Å². The molecule has 0 radical (unpaired) electrons. The number of nitrogens with one attached hydrogen (secondary N) is 1. The second-order valence-electron chi connectivity index (χ2n) is 6.09. The van der Waals surface area contributed by atoms with E-state index in [4.69, 9.17) is 9.15 Å². The summed E-state index contributed by atoms with van der Waals surface area (Å²) < 4.78 is 36.3. The van der Waals surface area contributed by atoms with E-state index in [0.29, 0.717) is 11.0 Å². The van der Waals surface area contributed by atoms with Gasteiger partial charge >= 0.3 is 5.63 Å². The normalized spacial score (nSPS) is 11.6. The molecule has 0 spiro atoms. The Bertz CT molecular complexity index is 1210. The highest BCUT2D eigenvalue weighted by Gasteiger charge is 2.23. The van der Waals surface area contributed by atoms with Crippen LogP contribution in [0, 0.1) is 0 Å². The minimum atomic E-state index is -3.80. The molecule has 0 saturated heterocycles. The third-order valence-electron chi connectivity index (χ3n) is 4.07. The van der Waals surface area contributed by atoms with Crippen molar-refractivity contribution in [2.24, 2.45) is 0 Å². The van der Waals surface area contributed by atoms with Crippen LogP contribution in [0.2, 0.25) is 0 Å². The van der Waals surface area contributed by atoms with Gasteiger partial charge in [-0.05, 0) is 30.3 Å². The van der Waals surface area contributed by atoms with Crippen molar-refractivity contribution in [3.05, 3.63) is 64.5 Å². The third-order valence-corrected chi connectivity index (χ3v) is 5.90. The number of carbonyl (C=O) groups excluding carboxylic acids is 1. The average molecular weight is 402 g/mol. The number of hydrogen-bond acceptors (Lipinski definition) is 6. The number of carbonyl (C=O) groups is 1. The Hall–Kier alpha value is -3.17. The zero-order valence-electron chi connectivity index (χ0n) is 15.4. The van der Waals surface area contributed by atoms with Gasteiger partial charge in [0.15, 0.2) is 0 Å². The molecule has 3 rings (SSSR count). The summed E-state index contributed by atoms with van der Waals surface area (Å²) in [5.74, 6) is -0.574. The summed E-state index contributed by atoms with van der Waals surface area (Å²) in [5, 5.41) is 3.12. The van der Waals surface area contributed by atoms with Gasteiger partial charge in [-0.2, -0.15) is 0 Å². The highest BCUT2D eigenvalue weighted by atomic mass is 32.2. The van der Waals surface area contributed by atoms with Crippen molar-refractivity contribution in [2.75, 3.05) is 26.5 Å². The fourth-order valence-electron chi connectivity index (χ4n) is 2.57. The van der Waals surface area contributed by atoms with Gasteiger partial charge in [0.2, 0.25) is 10.0 Å². The summed E-state index contributed by atoms with van der Waals surface area (Å²) in [4.78, 5) is 24.6. The summed E-state index contributed by atoms with van der Waals surface area (Å²) >= 11 is 0. The van der Waals surface area contributed by atoms with Crippen molar-refractivity contribution in [3.63, 3.8) is 0 Å². The van der Waals surface area contributed by atoms with Crippen molar-refractivity contribution in [2.45, 2.75) is 4.90 Å². The van der Waals surface area contributed by atoms with Crippen LogP contribution in [0.3, 0.4) is 0 Å². The molecule has 0 atom stereocenters. The summed E-state index contributed by atoms with van der Waals surface area (Å²) in [6, 6.07) is 12.4. The Balaban J connectivity index is 1.99. The first kappa shape index (κ1) is 19.6. The zero-order chi connectivity index (χ0) is 20.5. The average Bonchev–Trinajstić information content (AvgIpc) is 2.67. The summed E-state index contributed by atoms with van der Waals surface area (Å²) in [6.45, 7) is 0.